The molecular formula is C22H21F2NO3. The van der Waals surface area contributed by atoms with E-state index in [-0.39, 0.29) is 24.3 Å². The summed E-state index contributed by atoms with van der Waals surface area (Å²) in [6, 6.07) is 15.5. The quantitative estimate of drug-likeness (QED) is 0.758. The number of fused-ring (bicyclic) bond motifs is 2. The second-order valence-corrected chi connectivity index (χ2v) is 6.99. The van der Waals surface area contributed by atoms with Gasteiger partial charge in [-0.15, -0.1) is 0 Å². The average molecular weight is 385 g/mol. The first-order chi connectivity index (χ1) is 13.6. The normalized spacial score (nSPS) is 21.4. The van der Waals surface area contributed by atoms with Gasteiger partial charge in [0.05, 0.1) is 25.3 Å². The van der Waals surface area contributed by atoms with Crippen molar-refractivity contribution in [1.29, 1.82) is 0 Å². The van der Waals surface area contributed by atoms with Gasteiger partial charge < -0.3 is 9.47 Å². The standard InChI is InChI=1S/C22H21F2NO3/c23-21(24)20-9-5-4-8-19(20)16-10-17-13-27-14-18(11-16)25(17)22(26)28-12-15-6-2-1-3-7-15/h1-10,17-18,21H,11-14H2. The second kappa shape index (κ2) is 8.10. The van der Waals surface area contributed by atoms with Crippen molar-refractivity contribution >= 4 is 11.7 Å². The molecule has 4 nitrogen and oxygen atoms in total. The number of ether oxygens (including phenoxy) is 2. The molecule has 2 aliphatic heterocycles. The maximum Gasteiger partial charge on any atom is 0.411 e. The third-order valence-electron chi connectivity index (χ3n) is 5.16. The lowest BCUT2D eigenvalue weighted by atomic mass is 9.88. The van der Waals surface area contributed by atoms with Crippen molar-refractivity contribution in [2.24, 2.45) is 0 Å². The van der Waals surface area contributed by atoms with Crippen molar-refractivity contribution in [2.75, 3.05) is 13.2 Å². The van der Waals surface area contributed by atoms with Crippen LogP contribution in [0.3, 0.4) is 0 Å². The SMILES string of the molecule is O=C(OCc1ccccc1)N1C2C=C(c3ccccc3C(F)F)CC1COC2. The number of hydrogen-bond acceptors (Lipinski definition) is 3. The molecule has 2 heterocycles. The molecule has 0 aliphatic carbocycles. The van der Waals surface area contributed by atoms with Crippen LogP contribution in [0.2, 0.25) is 0 Å². The first-order valence-electron chi connectivity index (χ1n) is 9.28. The fraction of sp³-hybridized carbons (Fsp3) is 0.318. The van der Waals surface area contributed by atoms with E-state index in [2.05, 4.69) is 0 Å². The van der Waals surface area contributed by atoms with E-state index in [0.717, 1.165) is 11.1 Å². The van der Waals surface area contributed by atoms with E-state index in [4.69, 9.17) is 9.47 Å². The first kappa shape index (κ1) is 18.6. The summed E-state index contributed by atoms with van der Waals surface area (Å²) in [7, 11) is 0. The number of halogens is 2. The van der Waals surface area contributed by atoms with Gasteiger partial charge in [-0.05, 0) is 23.1 Å². The maximum atomic E-state index is 13.4. The lowest BCUT2D eigenvalue weighted by Gasteiger charge is -2.44. The lowest BCUT2D eigenvalue weighted by molar-refractivity contribution is -0.0342. The van der Waals surface area contributed by atoms with E-state index in [1.54, 1.807) is 23.1 Å². The van der Waals surface area contributed by atoms with Gasteiger partial charge in [0.1, 0.15) is 6.61 Å². The zero-order chi connectivity index (χ0) is 19.5. The summed E-state index contributed by atoms with van der Waals surface area (Å²) in [6.45, 7) is 0.893. The van der Waals surface area contributed by atoms with Gasteiger partial charge in [0.2, 0.25) is 0 Å². The number of carbonyl (C=O) groups is 1. The zero-order valence-corrected chi connectivity index (χ0v) is 15.3. The van der Waals surface area contributed by atoms with Crippen LogP contribution in [0.5, 0.6) is 0 Å². The van der Waals surface area contributed by atoms with Gasteiger partial charge in [-0.3, -0.25) is 4.90 Å². The van der Waals surface area contributed by atoms with Crippen LogP contribution in [0.25, 0.3) is 5.57 Å². The summed E-state index contributed by atoms with van der Waals surface area (Å²) >= 11 is 0. The molecule has 2 bridgehead atoms. The molecule has 2 atom stereocenters. The van der Waals surface area contributed by atoms with E-state index in [1.165, 1.54) is 6.07 Å². The van der Waals surface area contributed by atoms with Gasteiger partial charge >= 0.3 is 6.09 Å². The Morgan fingerprint density at radius 3 is 2.61 bits per heavy atom. The monoisotopic (exact) mass is 385 g/mol. The van der Waals surface area contributed by atoms with E-state index < -0.39 is 12.5 Å². The van der Waals surface area contributed by atoms with Crippen molar-refractivity contribution in [3.05, 3.63) is 77.4 Å². The Morgan fingerprint density at radius 2 is 1.86 bits per heavy atom. The van der Waals surface area contributed by atoms with E-state index >= 15 is 0 Å². The Balaban J connectivity index is 1.54. The molecular weight excluding hydrogens is 364 g/mol. The second-order valence-electron chi connectivity index (χ2n) is 6.99. The predicted molar refractivity (Wildman–Crippen MR) is 101 cm³/mol. The van der Waals surface area contributed by atoms with Crippen LogP contribution in [-0.4, -0.2) is 36.3 Å². The fourth-order valence-electron chi connectivity index (χ4n) is 3.85. The van der Waals surface area contributed by atoms with E-state index in [9.17, 15) is 13.6 Å². The first-order valence-corrected chi connectivity index (χ1v) is 9.28. The van der Waals surface area contributed by atoms with Crippen LogP contribution in [-0.2, 0) is 16.1 Å². The highest BCUT2D eigenvalue weighted by Gasteiger charge is 2.39. The molecule has 2 aromatic rings. The fourth-order valence-corrected chi connectivity index (χ4v) is 3.85. The van der Waals surface area contributed by atoms with Gasteiger partial charge in [0.25, 0.3) is 6.43 Å². The number of morpholine rings is 1. The molecule has 28 heavy (non-hydrogen) atoms. The molecule has 2 unspecified atom stereocenters. The molecule has 2 aromatic carbocycles. The van der Waals surface area contributed by atoms with Gasteiger partial charge in [-0.2, -0.15) is 0 Å². The Morgan fingerprint density at radius 1 is 1.11 bits per heavy atom. The summed E-state index contributed by atoms with van der Waals surface area (Å²) < 4.78 is 37.9. The van der Waals surface area contributed by atoms with Crippen molar-refractivity contribution in [1.82, 2.24) is 4.90 Å². The number of amides is 1. The molecule has 6 heteroatoms. The van der Waals surface area contributed by atoms with Crippen molar-refractivity contribution in [3.8, 4) is 0 Å². The molecule has 0 aromatic heterocycles. The third-order valence-corrected chi connectivity index (χ3v) is 5.16. The molecule has 1 saturated heterocycles. The molecule has 146 valence electrons. The Kier molecular flexibility index (Phi) is 5.39. The largest absolute Gasteiger partial charge is 0.445 e. The number of benzene rings is 2. The smallest absolute Gasteiger partial charge is 0.411 e. The Labute approximate surface area is 162 Å². The van der Waals surface area contributed by atoms with Crippen LogP contribution in [0, 0.1) is 0 Å². The van der Waals surface area contributed by atoms with Crippen LogP contribution in [0.15, 0.2) is 60.7 Å². The Bertz CT molecular complexity index is 869. The maximum absolute atomic E-state index is 13.4. The summed E-state index contributed by atoms with van der Waals surface area (Å²) in [4.78, 5) is 14.4. The zero-order valence-electron chi connectivity index (χ0n) is 15.3. The predicted octanol–water partition coefficient (Wildman–Crippen LogP) is 4.82. The van der Waals surface area contributed by atoms with E-state index in [0.29, 0.717) is 25.2 Å². The Hall–Kier alpha value is -2.73. The molecule has 4 rings (SSSR count). The summed E-state index contributed by atoms with van der Waals surface area (Å²) in [5, 5.41) is 0. The molecule has 0 saturated carbocycles. The van der Waals surface area contributed by atoms with Crippen molar-refractivity contribution in [3.63, 3.8) is 0 Å². The highest BCUT2D eigenvalue weighted by Crippen LogP contribution is 2.36. The summed E-state index contributed by atoms with van der Waals surface area (Å²) in [5.74, 6) is 0. The number of alkyl halides is 2. The topological polar surface area (TPSA) is 38.8 Å². The van der Waals surface area contributed by atoms with Gasteiger partial charge in [0.15, 0.2) is 0 Å². The molecule has 1 amide bonds. The van der Waals surface area contributed by atoms with Crippen LogP contribution in [0.4, 0.5) is 13.6 Å². The highest BCUT2D eigenvalue weighted by atomic mass is 19.3. The molecule has 0 N–H and O–H groups in total. The minimum Gasteiger partial charge on any atom is -0.445 e. The minimum absolute atomic E-state index is 0.0212. The molecule has 2 aliphatic rings. The lowest BCUT2D eigenvalue weighted by Crippen LogP contribution is -2.56. The average Bonchev–Trinajstić information content (AvgIpc) is 2.71. The van der Waals surface area contributed by atoms with Crippen molar-refractivity contribution < 1.29 is 23.0 Å². The highest BCUT2D eigenvalue weighted by molar-refractivity contribution is 5.75. The molecule has 1 fully saturated rings. The number of rotatable bonds is 4. The molecule has 0 radical (unpaired) electrons. The number of nitrogens with zero attached hydrogens (tertiary/aromatic N) is 1. The van der Waals surface area contributed by atoms with Gasteiger partial charge in [-0.25, -0.2) is 13.6 Å². The van der Waals surface area contributed by atoms with Crippen molar-refractivity contribution in [2.45, 2.75) is 31.5 Å². The van der Waals surface area contributed by atoms with Gasteiger partial charge in [-0.1, -0.05) is 60.7 Å². The van der Waals surface area contributed by atoms with Gasteiger partial charge in [0, 0.05) is 5.56 Å². The van der Waals surface area contributed by atoms with Crippen LogP contribution in [0.1, 0.15) is 29.5 Å². The summed E-state index contributed by atoms with van der Waals surface area (Å²) in [6.07, 6.45) is -0.622. The van der Waals surface area contributed by atoms with Crippen LogP contribution < -0.4 is 0 Å². The third kappa shape index (κ3) is 3.78. The number of hydrogen-bond donors (Lipinski definition) is 0. The summed E-state index contributed by atoms with van der Waals surface area (Å²) in [5.41, 5.74) is 2.32. The van der Waals surface area contributed by atoms with E-state index in [1.807, 2.05) is 36.4 Å². The number of carbonyl (C=O) groups excluding carboxylic acids is 1. The van der Waals surface area contributed by atoms with Crippen LogP contribution >= 0.6 is 0 Å². The minimum atomic E-state index is -2.54. The molecule has 0 spiro atoms.